The minimum atomic E-state index is -0.277. The van der Waals surface area contributed by atoms with Crippen molar-refractivity contribution < 1.29 is 14.3 Å². The maximum absolute atomic E-state index is 13.4. The second-order valence-electron chi connectivity index (χ2n) is 10.6. The van der Waals surface area contributed by atoms with Crippen LogP contribution in [0.4, 0.5) is 0 Å². The molecule has 202 valence electrons. The van der Waals surface area contributed by atoms with E-state index in [-0.39, 0.29) is 29.9 Å². The van der Waals surface area contributed by atoms with Crippen LogP contribution in [0.3, 0.4) is 0 Å². The first-order chi connectivity index (χ1) is 19.5. The summed E-state index contributed by atoms with van der Waals surface area (Å²) in [7, 11) is 0. The van der Waals surface area contributed by atoms with Crippen LogP contribution in [0, 0.1) is 5.92 Å². The lowest BCUT2D eigenvalue weighted by Gasteiger charge is -2.28. The van der Waals surface area contributed by atoms with Crippen molar-refractivity contribution >= 4 is 28.2 Å². The van der Waals surface area contributed by atoms with E-state index >= 15 is 0 Å². The van der Waals surface area contributed by atoms with E-state index in [1.807, 2.05) is 80.0 Å². The second kappa shape index (κ2) is 11.3. The lowest BCUT2D eigenvalue weighted by atomic mass is 9.86. The number of nitrogens with one attached hydrogen (secondary N) is 1. The van der Waals surface area contributed by atoms with Gasteiger partial charge in [0, 0.05) is 35.9 Å². The SMILES string of the molecule is C[C@H](OC(=O)C1CCC(NC(=O)c2cnn3cccc(Cc4cc5ccccc5cn4)c23)CC1)c1ccccc1. The van der Waals surface area contributed by atoms with Crippen molar-refractivity contribution in [2.24, 2.45) is 5.92 Å². The normalized spacial score (nSPS) is 17.9. The average Bonchev–Trinajstić information content (AvgIpc) is 3.43. The van der Waals surface area contributed by atoms with E-state index in [0.717, 1.165) is 46.0 Å². The minimum Gasteiger partial charge on any atom is -0.458 e. The summed E-state index contributed by atoms with van der Waals surface area (Å²) in [6, 6.07) is 24.0. The van der Waals surface area contributed by atoms with Gasteiger partial charge >= 0.3 is 5.97 Å². The lowest BCUT2D eigenvalue weighted by Crippen LogP contribution is -2.39. The van der Waals surface area contributed by atoms with E-state index in [1.54, 1.807) is 10.7 Å². The Hall–Kier alpha value is -4.52. The first-order valence-electron chi connectivity index (χ1n) is 13.9. The summed E-state index contributed by atoms with van der Waals surface area (Å²) >= 11 is 0. The molecular weight excluding hydrogens is 500 g/mol. The second-order valence-corrected chi connectivity index (χ2v) is 10.6. The Labute approximate surface area is 233 Å². The smallest absolute Gasteiger partial charge is 0.309 e. The van der Waals surface area contributed by atoms with Gasteiger partial charge in [0.15, 0.2) is 0 Å². The molecule has 7 nitrogen and oxygen atoms in total. The standard InChI is InChI=1S/C33H32N4O3/c1-22(23-8-3-2-4-9-23)40-33(39)24-13-15-28(16-14-24)36-32(38)30-21-35-37-17-7-12-26(31(30)37)19-29-18-25-10-5-6-11-27(25)20-34-29/h2-12,17-18,20-22,24,28H,13-16,19H2,1H3,(H,36,38)/t22-,24?,28?/m0/s1. The van der Waals surface area contributed by atoms with Crippen LogP contribution < -0.4 is 5.32 Å². The Balaban J connectivity index is 1.10. The van der Waals surface area contributed by atoms with Crippen molar-refractivity contribution in [3.63, 3.8) is 0 Å². The molecule has 0 bridgehead atoms. The van der Waals surface area contributed by atoms with Crippen molar-refractivity contribution in [2.45, 2.75) is 51.2 Å². The first kappa shape index (κ1) is 25.7. The van der Waals surface area contributed by atoms with Gasteiger partial charge in [0.1, 0.15) is 6.10 Å². The number of carbonyl (C=O) groups is 2. The maximum atomic E-state index is 13.4. The molecule has 1 amide bonds. The Morgan fingerprint density at radius 1 is 0.950 bits per heavy atom. The number of amides is 1. The highest BCUT2D eigenvalue weighted by molar-refractivity contribution is 6.01. The molecule has 1 fully saturated rings. The van der Waals surface area contributed by atoms with E-state index in [2.05, 4.69) is 27.5 Å². The predicted molar refractivity (Wildman–Crippen MR) is 154 cm³/mol. The molecule has 40 heavy (non-hydrogen) atoms. The third kappa shape index (κ3) is 5.45. The van der Waals surface area contributed by atoms with Crippen LogP contribution in [0.25, 0.3) is 16.3 Å². The number of esters is 1. The number of hydrogen-bond acceptors (Lipinski definition) is 5. The summed E-state index contributed by atoms with van der Waals surface area (Å²) in [4.78, 5) is 30.8. The molecule has 0 aliphatic heterocycles. The molecular formula is C33H32N4O3. The number of ether oxygens (including phenoxy) is 1. The Kier molecular flexibility index (Phi) is 7.27. The summed E-state index contributed by atoms with van der Waals surface area (Å²) in [5.41, 5.74) is 4.26. The number of hydrogen-bond donors (Lipinski definition) is 1. The minimum absolute atomic E-state index is 0.00682. The van der Waals surface area contributed by atoms with Gasteiger partial charge < -0.3 is 10.1 Å². The topological polar surface area (TPSA) is 85.6 Å². The molecule has 3 heterocycles. The fraction of sp³-hybridized carbons (Fsp3) is 0.273. The third-order valence-electron chi connectivity index (χ3n) is 7.89. The van der Waals surface area contributed by atoms with Crippen molar-refractivity contribution in [1.82, 2.24) is 19.9 Å². The van der Waals surface area contributed by atoms with Crippen LogP contribution in [0.15, 0.2) is 91.4 Å². The van der Waals surface area contributed by atoms with Crippen LogP contribution in [0.2, 0.25) is 0 Å². The van der Waals surface area contributed by atoms with Gasteiger partial charge in [-0.2, -0.15) is 5.10 Å². The molecule has 0 spiro atoms. The lowest BCUT2D eigenvalue weighted by molar-refractivity contribution is -0.154. The molecule has 0 saturated heterocycles. The summed E-state index contributed by atoms with van der Waals surface area (Å²) < 4.78 is 7.50. The predicted octanol–water partition coefficient (Wildman–Crippen LogP) is 6.07. The fourth-order valence-corrected chi connectivity index (χ4v) is 5.64. The molecule has 0 unspecified atom stereocenters. The van der Waals surface area contributed by atoms with Gasteiger partial charge in [0.25, 0.3) is 5.91 Å². The molecule has 1 N–H and O–H groups in total. The Morgan fingerprint density at radius 2 is 1.70 bits per heavy atom. The molecule has 0 radical (unpaired) electrons. The molecule has 5 aromatic rings. The number of pyridine rings is 2. The molecule has 1 atom stereocenters. The number of aromatic nitrogens is 3. The van der Waals surface area contributed by atoms with E-state index in [9.17, 15) is 9.59 Å². The van der Waals surface area contributed by atoms with Crippen LogP contribution in [0.5, 0.6) is 0 Å². The van der Waals surface area contributed by atoms with Gasteiger partial charge in [-0.1, -0.05) is 60.7 Å². The van der Waals surface area contributed by atoms with Gasteiger partial charge in [-0.05, 0) is 61.3 Å². The van der Waals surface area contributed by atoms with Crippen molar-refractivity contribution in [2.75, 3.05) is 0 Å². The van der Waals surface area contributed by atoms with Gasteiger partial charge in [-0.25, -0.2) is 4.52 Å². The van der Waals surface area contributed by atoms with E-state index in [1.165, 1.54) is 0 Å². The maximum Gasteiger partial charge on any atom is 0.309 e. The number of carbonyl (C=O) groups excluding carboxylic acids is 2. The van der Waals surface area contributed by atoms with Gasteiger partial charge in [0.05, 0.1) is 23.2 Å². The van der Waals surface area contributed by atoms with Crippen LogP contribution in [0.1, 0.15) is 65.9 Å². The number of nitrogens with zero attached hydrogens (tertiary/aromatic N) is 3. The highest BCUT2D eigenvalue weighted by Gasteiger charge is 2.30. The van der Waals surface area contributed by atoms with Crippen molar-refractivity contribution in [3.8, 4) is 0 Å². The zero-order chi connectivity index (χ0) is 27.5. The highest BCUT2D eigenvalue weighted by atomic mass is 16.5. The fourth-order valence-electron chi connectivity index (χ4n) is 5.64. The largest absolute Gasteiger partial charge is 0.458 e. The monoisotopic (exact) mass is 532 g/mol. The summed E-state index contributed by atoms with van der Waals surface area (Å²) in [6.45, 7) is 1.90. The Bertz CT molecular complexity index is 1650. The molecule has 6 rings (SSSR count). The van der Waals surface area contributed by atoms with Gasteiger partial charge in [-0.3, -0.25) is 14.6 Å². The first-order valence-corrected chi connectivity index (χ1v) is 13.9. The van der Waals surface area contributed by atoms with Crippen LogP contribution >= 0.6 is 0 Å². The summed E-state index contributed by atoms with van der Waals surface area (Å²) in [5, 5.41) is 9.88. The van der Waals surface area contributed by atoms with Gasteiger partial charge in [0.2, 0.25) is 0 Å². The highest BCUT2D eigenvalue weighted by Crippen LogP contribution is 2.29. The zero-order valence-corrected chi connectivity index (χ0v) is 22.5. The van der Waals surface area contributed by atoms with Crippen molar-refractivity contribution in [3.05, 3.63) is 114 Å². The average molecular weight is 533 g/mol. The molecule has 2 aromatic carbocycles. The van der Waals surface area contributed by atoms with E-state index < -0.39 is 0 Å². The molecule has 1 aliphatic rings. The van der Waals surface area contributed by atoms with Gasteiger partial charge in [-0.15, -0.1) is 0 Å². The van der Waals surface area contributed by atoms with Crippen molar-refractivity contribution in [1.29, 1.82) is 0 Å². The zero-order valence-electron chi connectivity index (χ0n) is 22.5. The molecule has 7 heteroatoms. The summed E-state index contributed by atoms with van der Waals surface area (Å²) in [6.07, 6.45) is 8.56. The molecule has 3 aromatic heterocycles. The quantitative estimate of drug-likeness (QED) is 0.257. The number of rotatable bonds is 7. The van der Waals surface area contributed by atoms with E-state index in [0.29, 0.717) is 24.8 Å². The number of fused-ring (bicyclic) bond motifs is 2. The van der Waals surface area contributed by atoms with E-state index in [4.69, 9.17) is 4.74 Å². The summed E-state index contributed by atoms with van der Waals surface area (Å²) in [5.74, 6) is -0.439. The van der Waals surface area contributed by atoms with Crippen LogP contribution in [-0.4, -0.2) is 32.5 Å². The third-order valence-corrected chi connectivity index (χ3v) is 7.89. The molecule has 1 aliphatic carbocycles. The number of benzene rings is 2. The Morgan fingerprint density at radius 3 is 2.50 bits per heavy atom. The van der Waals surface area contributed by atoms with Crippen LogP contribution in [-0.2, 0) is 16.0 Å². The molecule has 1 saturated carbocycles.